The van der Waals surface area contributed by atoms with E-state index in [-0.39, 0.29) is 18.1 Å². The molecule has 1 N–H and O–H groups in total. The Labute approximate surface area is 103 Å². The molecule has 1 aliphatic carbocycles. The summed E-state index contributed by atoms with van der Waals surface area (Å²) < 4.78 is 5.88. The number of hydrogen-bond donors (Lipinski definition) is 1. The fourth-order valence-electron chi connectivity index (χ4n) is 3.24. The monoisotopic (exact) mass is 238 g/mol. The zero-order valence-electron chi connectivity index (χ0n) is 10.6. The van der Waals surface area contributed by atoms with E-state index in [9.17, 15) is 4.79 Å². The molecule has 4 nitrogen and oxygen atoms in total. The minimum atomic E-state index is -0.132. The number of morpholine rings is 1. The van der Waals surface area contributed by atoms with Crippen LogP contribution in [-0.4, -0.2) is 48.7 Å². The van der Waals surface area contributed by atoms with Crippen LogP contribution in [0.5, 0.6) is 0 Å². The molecule has 0 spiro atoms. The predicted octanol–water partition coefficient (Wildman–Crippen LogP) is 0.766. The number of nitrogens with zero attached hydrogens (tertiary/aromatic N) is 1. The first kappa shape index (κ1) is 11.5. The molecule has 2 aliphatic heterocycles. The van der Waals surface area contributed by atoms with Crippen molar-refractivity contribution in [3.8, 4) is 0 Å². The summed E-state index contributed by atoms with van der Waals surface area (Å²) in [5.74, 6) is 0.747. The quantitative estimate of drug-likeness (QED) is 0.772. The minimum Gasteiger partial charge on any atom is -0.363 e. The lowest BCUT2D eigenvalue weighted by molar-refractivity contribution is -0.175. The fraction of sp³-hybridized carbons (Fsp3) is 0.923. The summed E-state index contributed by atoms with van der Waals surface area (Å²) in [5, 5.41) is 3.39. The van der Waals surface area contributed by atoms with Crippen LogP contribution in [0, 0.1) is 5.92 Å². The van der Waals surface area contributed by atoms with Crippen LogP contribution >= 0.6 is 0 Å². The van der Waals surface area contributed by atoms with Crippen LogP contribution in [0.1, 0.15) is 32.6 Å². The number of carbonyl (C=O) groups excluding carboxylic acids is 1. The van der Waals surface area contributed by atoms with E-state index in [1.807, 2.05) is 0 Å². The molecule has 0 radical (unpaired) electrons. The van der Waals surface area contributed by atoms with Crippen molar-refractivity contribution in [2.45, 2.75) is 44.2 Å². The molecule has 3 fully saturated rings. The van der Waals surface area contributed by atoms with E-state index in [2.05, 4.69) is 17.1 Å². The van der Waals surface area contributed by atoms with Crippen molar-refractivity contribution in [1.29, 1.82) is 0 Å². The maximum Gasteiger partial charge on any atom is 0.248 e. The van der Waals surface area contributed by atoms with Gasteiger partial charge in [-0.1, -0.05) is 0 Å². The molecule has 1 saturated carbocycles. The third-order valence-corrected chi connectivity index (χ3v) is 4.77. The van der Waals surface area contributed by atoms with E-state index >= 15 is 0 Å². The molecule has 4 heteroatoms. The molecule has 2 unspecified atom stereocenters. The van der Waals surface area contributed by atoms with Crippen LogP contribution in [-0.2, 0) is 9.53 Å². The third-order valence-electron chi connectivity index (χ3n) is 4.77. The number of amides is 1. The van der Waals surface area contributed by atoms with Crippen LogP contribution in [0.2, 0.25) is 0 Å². The largest absolute Gasteiger partial charge is 0.363 e. The molecule has 0 aromatic heterocycles. The average Bonchev–Trinajstić information content (AvgIpc) is 2.75. The van der Waals surface area contributed by atoms with Crippen LogP contribution in [0.3, 0.4) is 0 Å². The molecule has 3 rings (SSSR count). The molecule has 17 heavy (non-hydrogen) atoms. The number of nitrogens with one attached hydrogen (secondary N) is 1. The molecule has 0 bridgehead atoms. The van der Waals surface area contributed by atoms with E-state index in [4.69, 9.17) is 4.74 Å². The van der Waals surface area contributed by atoms with Gasteiger partial charge in [0, 0.05) is 18.5 Å². The van der Waals surface area contributed by atoms with Crippen molar-refractivity contribution in [2.24, 2.45) is 5.92 Å². The van der Waals surface area contributed by atoms with Crippen LogP contribution in [0.15, 0.2) is 0 Å². The average molecular weight is 238 g/mol. The van der Waals surface area contributed by atoms with Gasteiger partial charge in [0.25, 0.3) is 0 Å². The van der Waals surface area contributed by atoms with Gasteiger partial charge in [0.15, 0.2) is 0 Å². The van der Waals surface area contributed by atoms with Crippen molar-refractivity contribution in [3.05, 3.63) is 0 Å². The molecule has 2 atom stereocenters. The maximum absolute atomic E-state index is 11.9. The Hall–Kier alpha value is -0.610. The number of rotatable bonds is 2. The summed E-state index contributed by atoms with van der Waals surface area (Å²) >= 11 is 0. The van der Waals surface area contributed by atoms with Gasteiger partial charge in [0.05, 0.1) is 12.1 Å². The fourth-order valence-corrected chi connectivity index (χ4v) is 3.24. The first-order chi connectivity index (χ1) is 8.19. The van der Waals surface area contributed by atoms with Crippen LogP contribution < -0.4 is 5.32 Å². The van der Waals surface area contributed by atoms with E-state index in [0.29, 0.717) is 12.0 Å². The van der Waals surface area contributed by atoms with Crippen LogP contribution in [0.25, 0.3) is 0 Å². The molecule has 0 aromatic carbocycles. The normalized spacial score (nSPS) is 39.5. The molecular formula is C13H22N2O2. The summed E-state index contributed by atoms with van der Waals surface area (Å²) in [6.45, 7) is 5.37. The Balaban J connectivity index is 1.71. The Bertz CT molecular complexity index is 311. The highest BCUT2D eigenvalue weighted by Crippen LogP contribution is 2.35. The van der Waals surface area contributed by atoms with Crippen molar-refractivity contribution >= 4 is 5.91 Å². The highest BCUT2D eigenvalue weighted by atomic mass is 16.5. The molecule has 96 valence electrons. The second-order valence-electron chi connectivity index (χ2n) is 5.90. The summed E-state index contributed by atoms with van der Waals surface area (Å²) in [7, 11) is 0. The van der Waals surface area contributed by atoms with Crippen LogP contribution in [0.4, 0.5) is 0 Å². The first-order valence-electron chi connectivity index (χ1n) is 6.83. The second-order valence-corrected chi connectivity index (χ2v) is 5.90. The Kier molecular flexibility index (Phi) is 2.87. The highest BCUT2D eigenvalue weighted by molar-refractivity contribution is 5.78. The Morgan fingerprint density at radius 1 is 1.41 bits per heavy atom. The van der Waals surface area contributed by atoms with E-state index in [0.717, 1.165) is 19.6 Å². The third kappa shape index (κ3) is 1.97. The lowest BCUT2D eigenvalue weighted by Crippen LogP contribution is -2.60. The lowest BCUT2D eigenvalue weighted by Gasteiger charge is -2.48. The summed E-state index contributed by atoms with van der Waals surface area (Å²) in [6, 6.07) is 0.500. The van der Waals surface area contributed by atoms with Crippen molar-refractivity contribution in [2.75, 3.05) is 26.2 Å². The predicted molar refractivity (Wildman–Crippen MR) is 64.7 cm³/mol. The van der Waals surface area contributed by atoms with E-state index < -0.39 is 0 Å². The Morgan fingerprint density at radius 3 is 2.82 bits per heavy atom. The maximum atomic E-state index is 11.9. The number of ether oxygens (including phenoxy) is 1. The van der Waals surface area contributed by atoms with Crippen molar-refractivity contribution in [3.63, 3.8) is 0 Å². The van der Waals surface area contributed by atoms with Gasteiger partial charge >= 0.3 is 0 Å². The van der Waals surface area contributed by atoms with Gasteiger partial charge in [-0.2, -0.15) is 0 Å². The van der Waals surface area contributed by atoms with Gasteiger partial charge in [-0.05, 0) is 39.2 Å². The molecule has 2 heterocycles. The topological polar surface area (TPSA) is 41.6 Å². The summed E-state index contributed by atoms with van der Waals surface area (Å²) in [6.07, 6.45) is 4.82. The zero-order chi connectivity index (χ0) is 11.9. The van der Waals surface area contributed by atoms with Crippen molar-refractivity contribution in [1.82, 2.24) is 10.2 Å². The number of carbonyl (C=O) groups is 1. The SMILES string of the molecule is CC1(C2CCNC2)CN(C2CCC2)C(=O)CO1. The van der Waals surface area contributed by atoms with Gasteiger partial charge in [-0.15, -0.1) is 0 Å². The smallest absolute Gasteiger partial charge is 0.248 e. The second kappa shape index (κ2) is 4.25. The van der Waals surface area contributed by atoms with Gasteiger partial charge in [-0.25, -0.2) is 0 Å². The molecule has 2 saturated heterocycles. The molecule has 0 aromatic rings. The van der Waals surface area contributed by atoms with Gasteiger partial charge < -0.3 is 15.0 Å². The standard InChI is InChI=1S/C13H22N2O2/c1-13(10-5-6-14-7-10)9-15(11-3-2-4-11)12(16)8-17-13/h10-11,14H,2-9H2,1H3. The minimum absolute atomic E-state index is 0.132. The van der Waals surface area contributed by atoms with Crippen molar-refractivity contribution < 1.29 is 9.53 Å². The lowest BCUT2D eigenvalue weighted by atomic mass is 9.84. The number of hydrogen-bond acceptors (Lipinski definition) is 3. The Morgan fingerprint density at radius 2 is 2.24 bits per heavy atom. The zero-order valence-corrected chi connectivity index (χ0v) is 10.6. The molecular weight excluding hydrogens is 216 g/mol. The van der Waals surface area contributed by atoms with E-state index in [1.165, 1.54) is 25.7 Å². The van der Waals surface area contributed by atoms with E-state index in [1.54, 1.807) is 0 Å². The summed E-state index contributed by atoms with van der Waals surface area (Å²) in [4.78, 5) is 14.0. The highest BCUT2D eigenvalue weighted by Gasteiger charge is 2.45. The van der Waals surface area contributed by atoms with Gasteiger partial charge in [0.1, 0.15) is 6.61 Å². The first-order valence-corrected chi connectivity index (χ1v) is 6.83. The summed E-state index contributed by atoms with van der Waals surface area (Å²) in [5.41, 5.74) is -0.132. The van der Waals surface area contributed by atoms with Gasteiger partial charge in [-0.3, -0.25) is 4.79 Å². The molecule has 1 amide bonds. The molecule has 3 aliphatic rings. The van der Waals surface area contributed by atoms with Gasteiger partial charge in [0.2, 0.25) is 5.91 Å².